The molecule has 0 aliphatic heterocycles. The minimum atomic E-state index is -0.451. The molecule has 0 bridgehead atoms. The van der Waals surface area contributed by atoms with Crippen molar-refractivity contribution < 1.29 is 19.1 Å². The summed E-state index contributed by atoms with van der Waals surface area (Å²) in [6, 6.07) is 7.65. The number of benzene rings is 1. The maximum absolute atomic E-state index is 12.8. The Labute approximate surface area is 207 Å². The fourth-order valence-electron chi connectivity index (χ4n) is 4.37. The van der Waals surface area contributed by atoms with E-state index >= 15 is 0 Å². The average Bonchev–Trinajstić information content (AvgIpc) is 3.27. The van der Waals surface area contributed by atoms with E-state index in [1.165, 1.54) is 11.3 Å². The number of aromatic nitrogens is 2. The van der Waals surface area contributed by atoms with Gasteiger partial charge in [0.1, 0.15) is 10.6 Å². The fourth-order valence-corrected chi connectivity index (χ4v) is 5.29. The Bertz CT molecular complexity index is 1250. The maximum atomic E-state index is 12.8. The van der Waals surface area contributed by atoms with Crippen LogP contribution in [0.3, 0.4) is 0 Å². The van der Waals surface area contributed by atoms with Crippen LogP contribution in [-0.2, 0) is 22.7 Å². The first-order valence-electron chi connectivity index (χ1n) is 11.7. The minimum Gasteiger partial charge on any atom is -0.497 e. The lowest BCUT2D eigenvalue weighted by molar-refractivity contribution is -0.119. The van der Waals surface area contributed by atoms with Gasteiger partial charge < -0.3 is 25.1 Å². The number of hydrogen-bond acceptors (Lipinski definition) is 7. The summed E-state index contributed by atoms with van der Waals surface area (Å²) < 4.78 is 11.1. The molecule has 1 aromatic carbocycles. The number of fused-ring (bicyclic) bond motifs is 1. The lowest BCUT2D eigenvalue weighted by atomic mass is 9.86. The number of rotatable bonds is 9. The topological polar surface area (TPSA) is 122 Å². The Morgan fingerprint density at radius 2 is 2.03 bits per heavy atom. The van der Waals surface area contributed by atoms with Crippen LogP contribution in [-0.4, -0.2) is 41.5 Å². The van der Waals surface area contributed by atoms with E-state index in [1.807, 2.05) is 29.6 Å². The van der Waals surface area contributed by atoms with Gasteiger partial charge in [-0.15, -0.1) is 11.3 Å². The molecule has 3 N–H and O–H groups in total. The second kappa shape index (κ2) is 11.5. The van der Waals surface area contributed by atoms with Gasteiger partial charge in [0.25, 0.3) is 11.5 Å². The molecule has 0 saturated heterocycles. The van der Waals surface area contributed by atoms with Crippen molar-refractivity contribution in [1.82, 2.24) is 20.6 Å². The highest BCUT2D eigenvalue weighted by molar-refractivity contribution is 7.16. The monoisotopic (exact) mass is 498 g/mol. The minimum absolute atomic E-state index is 0.0179. The zero-order chi connectivity index (χ0) is 24.8. The summed E-state index contributed by atoms with van der Waals surface area (Å²) >= 11 is 1.32. The Kier molecular flexibility index (Phi) is 8.14. The summed E-state index contributed by atoms with van der Waals surface area (Å²) in [5.74, 6) is 0.700. The van der Waals surface area contributed by atoms with E-state index in [0.717, 1.165) is 36.8 Å². The molecule has 10 heteroatoms. The van der Waals surface area contributed by atoms with Gasteiger partial charge in [-0.2, -0.15) is 0 Å². The summed E-state index contributed by atoms with van der Waals surface area (Å²) in [6.07, 6.45) is 3.93. The second-order valence-corrected chi connectivity index (χ2v) is 9.68. The predicted molar refractivity (Wildman–Crippen MR) is 134 cm³/mol. The smallest absolute Gasteiger partial charge is 0.287 e. The fraction of sp³-hybridized carbons (Fsp3) is 0.440. The third kappa shape index (κ3) is 6.46. The Hall–Kier alpha value is -3.24. The number of hydrogen-bond donors (Lipinski definition) is 3. The second-order valence-electron chi connectivity index (χ2n) is 8.82. The highest BCUT2D eigenvalue weighted by Crippen LogP contribution is 2.26. The highest BCUT2D eigenvalue weighted by Gasteiger charge is 2.22. The van der Waals surface area contributed by atoms with Crippen LogP contribution >= 0.6 is 11.3 Å². The van der Waals surface area contributed by atoms with E-state index < -0.39 is 5.91 Å². The number of H-pyrrole nitrogens is 1. The normalized spacial score (nSPS) is 17.8. The molecule has 2 amide bonds. The van der Waals surface area contributed by atoms with Crippen molar-refractivity contribution in [3.05, 3.63) is 57.0 Å². The zero-order valence-electron chi connectivity index (χ0n) is 19.9. The molecule has 0 radical (unpaired) electrons. The molecule has 186 valence electrons. The summed E-state index contributed by atoms with van der Waals surface area (Å²) in [5.41, 5.74) is 1.30. The van der Waals surface area contributed by atoms with Crippen LogP contribution in [0.2, 0.25) is 0 Å². The standard InChI is InChI=1S/C25H30N4O5S/c1-15(30)27-19-8-6-16(7-9-19)12-34-13-18-14-35-25-21(18)23(31)28-22(29-25)24(32)26-11-17-4-3-5-20(10-17)33-2/h3-5,10,14,16,19H,6-9,11-13H2,1-2H3,(H,26,32)(H,27,30)(H,28,29,31)/t16-,19-. The number of ether oxygens (including phenoxy) is 2. The molecule has 0 spiro atoms. The van der Waals surface area contributed by atoms with Gasteiger partial charge in [0.15, 0.2) is 0 Å². The molecule has 9 nitrogen and oxygen atoms in total. The van der Waals surface area contributed by atoms with Crippen LogP contribution in [0, 0.1) is 5.92 Å². The Morgan fingerprint density at radius 1 is 1.23 bits per heavy atom. The summed E-state index contributed by atoms with van der Waals surface area (Å²) in [6.45, 7) is 2.76. The molecule has 0 unspecified atom stereocenters. The number of methoxy groups -OCH3 is 1. The van der Waals surface area contributed by atoms with Gasteiger partial charge in [0.2, 0.25) is 11.7 Å². The van der Waals surface area contributed by atoms with Crippen LogP contribution in [0.1, 0.15) is 54.4 Å². The lowest BCUT2D eigenvalue weighted by Crippen LogP contribution is -2.36. The molecule has 2 aromatic heterocycles. The number of nitrogens with one attached hydrogen (secondary N) is 3. The van der Waals surface area contributed by atoms with Crippen LogP contribution in [0.4, 0.5) is 0 Å². The van der Waals surface area contributed by atoms with E-state index in [-0.39, 0.29) is 29.9 Å². The molecule has 1 fully saturated rings. The van der Waals surface area contributed by atoms with E-state index in [9.17, 15) is 14.4 Å². The van der Waals surface area contributed by atoms with Crippen molar-refractivity contribution in [2.75, 3.05) is 13.7 Å². The number of thiophene rings is 1. The molecule has 1 aliphatic rings. The van der Waals surface area contributed by atoms with E-state index in [1.54, 1.807) is 14.0 Å². The van der Waals surface area contributed by atoms with Crippen molar-refractivity contribution in [3.8, 4) is 5.75 Å². The molecule has 0 atom stereocenters. The first-order valence-corrected chi connectivity index (χ1v) is 12.6. The van der Waals surface area contributed by atoms with Crippen LogP contribution in [0.25, 0.3) is 10.2 Å². The molecule has 2 heterocycles. The van der Waals surface area contributed by atoms with Crippen molar-refractivity contribution in [1.29, 1.82) is 0 Å². The van der Waals surface area contributed by atoms with Crippen LogP contribution < -0.4 is 20.9 Å². The number of carbonyl (C=O) groups excluding carboxylic acids is 2. The van der Waals surface area contributed by atoms with Gasteiger partial charge in [-0.3, -0.25) is 14.4 Å². The van der Waals surface area contributed by atoms with Crippen molar-refractivity contribution in [2.45, 2.75) is 51.8 Å². The van der Waals surface area contributed by atoms with Gasteiger partial charge in [-0.25, -0.2) is 4.98 Å². The first-order chi connectivity index (χ1) is 16.9. The van der Waals surface area contributed by atoms with Crippen molar-refractivity contribution in [3.63, 3.8) is 0 Å². The SMILES string of the molecule is COc1cccc(CNC(=O)c2nc3scc(COC[C@H]4CC[C@H](NC(C)=O)CC4)c3c(=O)[nH]2)c1. The third-order valence-corrected chi connectivity index (χ3v) is 7.11. The summed E-state index contributed by atoms with van der Waals surface area (Å²) in [7, 11) is 1.59. The lowest BCUT2D eigenvalue weighted by Gasteiger charge is -2.28. The van der Waals surface area contributed by atoms with Crippen LogP contribution in [0.5, 0.6) is 5.75 Å². The van der Waals surface area contributed by atoms with Gasteiger partial charge in [-0.1, -0.05) is 12.1 Å². The predicted octanol–water partition coefficient (Wildman–Crippen LogP) is 3.13. The highest BCUT2D eigenvalue weighted by atomic mass is 32.1. The Balaban J connectivity index is 1.32. The van der Waals surface area contributed by atoms with E-state index in [0.29, 0.717) is 35.1 Å². The number of aromatic amines is 1. The molecular formula is C25H30N4O5S. The largest absolute Gasteiger partial charge is 0.497 e. The quantitative estimate of drug-likeness (QED) is 0.417. The van der Waals surface area contributed by atoms with Gasteiger partial charge in [0, 0.05) is 31.7 Å². The first kappa shape index (κ1) is 24.9. The molecular weight excluding hydrogens is 468 g/mol. The average molecular weight is 499 g/mol. The van der Waals surface area contributed by atoms with Crippen molar-refractivity contribution >= 4 is 33.4 Å². The maximum Gasteiger partial charge on any atom is 0.287 e. The molecule has 1 aliphatic carbocycles. The van der Waals surface area contributed by atoms with E-state index in [2.05, 4.69) is 20.6 Å². The Morgan fingerprint density at radius 3 is 2.77 bits per heavy atom. The van der Waals surface area contributed by atoms with Crippen molar-refractivity contribution in [2.24, 2.45) is 5.92 Å². The van der Waals surface area contributed by atoms with Crippen LogP contribution in [0.15, 0.2) is 34.4 Å². The molecule has 4 rings (SSSR count). The third-order valence-electron chi connectivity index (χ3n) is 6.19. The molecule has 35 heavy (non-hydrogen) atoms. The van der Waals surface area contributed by atoms with E-state index in [4.69, 9.17) is 9.47 Å². The number of nitrogens with zero attached hydrogens (tertiary/aromatic N) is 1. The van der Waals surface area contributed by atoms with Gasteiger partial charge in [0.05, 0.1) is 19.1 Å². The number of carbonyl (C=O) groups is 2. The number of amides is 2. The molecule has 1 saturated carbocycles. The summed E-state index contributed by atoms with van der Waals surface area (Å²) in [4.78, 5) is 44.0. The summed E-state index contributed by atoms with van der Waals surface area (Å²) in [5, 5.41) is 8.09. The molecule has 3 aromatic rings. The zero-order valence-corrected chi connectivity index (χ0v) is 20.7. The van der Waals surface area contributed by atoms with Gasteiger partial charge in [-0.05, 0) is 54.7 Å². The van der Waals surface area contributed by atoms with Gasteiger partial charge >= 0.3 is 0 Å².